The topological polar surface area (TPSA) is 75.3 Å². The lowest BCUT2D eigenvalue weighted by Gasteiger charge is -2.22. The van der Waals surface area contributed by atoms with Gasteiger partial charge in [-0.15, -0.1) is 0 Å². The Labute approximate surface area is 165 Å². The summed E-state index contributed by atoms with van der Waals surface area (Å²) in [7, 11) is 0. The summed E-state index contributed by atoms with van der Waals surface area (Å²) in [5.41, 5.74) is 1.22. The molecule has 2 aromatic carbocycles. The Kier molecular flexibility index (Phi) is 6.95. The van der Waals surface area contributed by atoms with Gasteiger partial charge in [-0.25, -0.2) is 0 Å². The van der Waals surface area contributed by atoms with Crippen LogP contribution in [0.25, 0.3) is 0 Å². The third kappa shape index (κ3) is 5.28. The molecule has 1 aliphatic carbocycles. The van der Waals surface area contributed by atoms with Crippen molar-refractivity contribution in [3.63, 3.8) is 0 Å². The van der Waals surface area contributed by atoms with Crippen LogP contribution < -0.4 is 10.6 Å². The molecule has 1 saturated carbocycles. The minimum Gasteiger partial charge on any atom is -0.353 e. The summed E-state index contributed by atoms with van der Waals surface area (Å²) in [4.78, 5) is 37.4. The van der Waals surface area contributed by atoms with Crippen molar-refractivity contribution in [2.45, 2.75) is 44.6 Å². The fourth-order valence-electron chi connectivity index (χ4n) is 3.56. The molecule has 0 radical (unpaired) electrons. The molecule has 2 aromatic rings. The minimum absolute atomic E-state index is 0.0409. The number of benzene rings is 2. The summed E-state index contributed by atoms with van der Waals surface area (Å²) in [6.07, 6.45) is 5.86. The highest BCUT2D eigenvalue weighted by molar-refractivity contribution is 6.15. The van der Waals surface area contributed by atoms with Crippen LogP contribution in [0.1, 0.15) is 64.8 Å². The van der Waals surface area contributed by atoms with E-state index < -0.39 is 0 Å². The number of rotatable bonds is 7. The summed E-state index contributed by atoms with van der Waals surface area (Å²) in [5, 5.41) is 5.80. The quantitative estimate of drug-likeness (QED) is 0.724. The van der Waals surface area contributed by atoms with Crippen LogP contribution in [0.3, 0.4) is 0 Å². The standard InChI is InChI=1S/C23H26N2O3/c26-21(25-18-11-5-2-6-12-18)15-16-24-23(28)20-14-8-7-13-19(20)22(27)17-9-3-1-4-10-17/h1,3-4,7-10,13-14,18H,2,5-6,11-12,15-16H2,(H,24,28)(H,25,26). The first-order valence-electron chi connectivity index (χ1n) is 9.91. The maximum Gasteiger partial charge on any atom is 0.252 e. The van der Waals surface area contributed by atoms with E-state index in [0.717, 1.165) is 25.7 Å². The Bertz CT molecular complexity index is 827. The van der Waals surface area contributed by atoms with Gasteiger partial charge >= 0.3 is 0 Å². The highest BCUT2D eigenvalue weighted by atomic mass is 16.2. The van der Waals surface area contributed by atoms with E-state index in [-0.39, 0.29) is 36.6 Å². The molecule has 2 amide bonds. The second kappa shape index (κ2) is 9.83. The van der Waals surface area contributed by atoms with Gasteiger partial charge in [0, 0.05) is 30.1 Å². The van der Waals surface area contributed by atoms with Crippen LogP contribution in [0.2, 0.25) is 0 Å². The fourth-order valence-corrected chi connectivity index (χ4v) is 3.56. The van der Waals surface area contributed by atoms with E-state index in [1.54, 1.807) is 48.5 Å². The van der Waals surface area contributed by atoms with Crippen molar-refractivity contribution in [2.75, 3.05) is 6.54 Å². The molecule has 1 fully saturated rings. The molecule has 3 rings (SSSR count). The molecular formula is C23H26N2O3. The Hall–Kier alpha value is -2.95. The predicted octanol–water partition coefficient (Wildman–Crippen LogP) is 3.49. The van der Waals surface area contributed by atoms with E-state index in [1.165, 1.54) is 6.42 Å². The van der Waals surface area contributed by atoms with Gasteiger partial charge in [-0.2, -0.15) is 0 Å². The van der Waals surface area contributed by atoms with Crippen molar-refractivity contribution in [3.05, 3.63) is 71.3 Å². The summed E-state index contributed by atoms with van der Waals surface area (Å²) in [6, 6.07) is 15.9. The Morgan fingerprint density at radius 2 is 1.46 bits per heavy atom. The van der Waals surface area contributed by atoms with Gasteiger partial charge in [0.25, 0.3) is 5.91 Å². The Balaban J connectivity index is 1.56. The van der Waals surface area contributed by atoms with E-state index >= 15 is 0 Å². The first-order chi connectivity index (χ1) is 13.6. The molecule has 0 aliphatic heterocycles. The van der Waals surface area contributed by atoms with Crippen molar-refractivity contribution in [3.8, 4) is 0 Å². The zero-order chi connectivity index (χ0) is 19.8. The molecule has 0 aromatic heterocycles. The van der Waals surface area contributed by atoms with Crippen LogP contribution in [0.15, 0.2) is 54.6 Å². The third-order valence-corrected chi connectivity index (χ3v) is 5.06. The zero-order valence-corrected chi connectivity index (χ0v) is 15.9. The Morgan fingerprint density at radius 3 is 2.18 bits per heavy atom. The number of hydrogen-bond donors (Lipinski definition) is 2. The van der Waals surface area contributed by atoms with Gasteiger partial charge in [0.1, 0.15) is 0 Å². The minimum atomic E-state index is -0.342. The van der Waals surface area contributed by atoms with E-state index in [0.29, 0.717) is 16.7 Å². The predicted molar refractivity (Wildman–Crippen MR) is 108 cm³/mol. The molecule has 0 saturated heterocycles. The van der Waals surface area contributed by atoms with Gasteiger partial charge < -0.3 is 10.6 Å². The third-order valence-electron chi connectivity index (χ3n) is 5.06. The lowest BCUT2D eigenvalue weighted by molar-refractivity contribution is -0.121. The van der Waals surface area contributed by atoms with E-state index in [4.69, 9.17) is 0 Å². The maximum absolute atomic E-state index is 12.7. The molecule has 0 atom stereocenters. The monoisotopic (exact) mass is 378 g/mol. The summed E-state index contributed by atoms with van der Waals surface area (Å²) in [6.45, 7) is 0.241. The van der Waals surface area contributed by atoms with Crippen LogP contribution in [0.5, 0.6) is 0 Å². The molecule has 2 N–H and O–H groups in total. The van der Waals surface area contributed by atoms with Crippen LogP contribution in [-0.4, -0.2) is 30.2 Å². The van der Waals surface area contributed by atoms with Crippen LogP contribution in [-0.2, 0) is 4.79 Å². The number of carbonyl (C=O) groups excluding carboxylic acids is 3. The van der Waals surface area contributed by atoms with E-state index in [1.807, 2.05) is 6.07 Å². The molecule has 0 unspecified atom stereocenters. The Morgan fingerprint density at radius 1 is 0.821 bits per heavy atom. The largest absolute Gasteiger partial charge is 0.353 e. The number of nitrogens with one attached hydrogen (secondary N) is 2. The zero-order valence-electron chi connectivity index (χ0n) is 15.9. The van der Waals surface area contributed by atoms with Crippen molar-refractivity contribution >= 4 is 17.6 Å². The van der Waals surface area contributed by atoms with E-state index in [9.17, 15) is 14.4 Å². The average molecular weight is 378 g/mol. The molecule has 1 aliphatic rings. The van der Waals surface area contributed by atoms with E-state index in [2.05, 4.69) is 10.6 Å². The van der Waals surface area contributed by atoms with Crippen molar-refractivity contribution in [1.82, 2.24) is 10.6 Å². The molecule has 5 heteroatoms. The van der Waals surface area contributed by atoms with Crippen molar-refractivity contribution in [1.29, 1.82) is 0 Å². The molecule has 28 heavy (non-hydrogen) atoms. The lowest BCUT2D eigenvalue weighted by Crippen LogP contribution is -2.38. The summed E-state index contributed by atoms with van der Waals surface area (Å²) >= 11 is 0. The molecular weight excluding hydrogens is 352 g/mol. The second-order valence-corrected chi connectivity index (χ2v) is 7.15. The van der Waals surface area contributed by atoms with Crippen LogP contribution in [0, 0.1) is 0 Å². The molecule has 5 nitrogen and oxygen atoms in total. The van der Waals surface area contributed by atoms with Gasteiger partial charge in [-0.1, -0.05) is 67.8 Å². The number of ketones is 1. The molecule has 0 spiro atoms. The van der Waals surface area contributed by atoms with Gasteiger partial charge in [0.15, 0.2) is 5.78 Å². The van der Waals surface area contributed by atoms with Crippen LogP contribution >= 0.6 is 0 Å². The fraction of sp³-hybridized carbons (Fsp3) is 0.348. The normalized spacial score (nSPS) is 14.3. The first kappa shape index (κ1) is 19.8. The molecule has 0 bridgehead atoms. The first-order valence-corrected chi connectivity index (χ1v) is 9.91. The van der Waals surface area contributed by atoms with Gasteiger partial charge in [0.05, 0.1) is 5.56 Å². The van der Waals surface area contributed by atoms with Crippen molar-refractivity contribution < 1.29 is 14.4 Å². The number of amides is 2. The van der Waals surface area contributed by atoms with Gasteiger partial charge in [-0.3, -0.25) is 14.4 Å². The smallest absolute Gasteiger partial charge is 0.252 e. The molecule has 146 valence electrons. The van der Waals surface area contributed by atoms with Crippen LogP contribution in [0.4, 0.5) is 0 Å². The second-order valence-electron chi connectivity index (χ2n) is 7.15. The van der Waals surface area contributed by atoms with Crippen molar-refractivity contribution in [2.24, 2.45) is 0 Å². The highest BCUT2D eigenvalue weighted by Crippen LogP contribution is 2.17. The summed E-state index contributed by atoms with van der Waals surface area (Å²) < 4.78 is 0. The number of carbonyl (C=O) groups is 3. The van der Waals surface area contributed by atoms with Gasteiger partial charge in [-0.05, 0) is 18.9 Å². The maximum atomic E-state index is 12.7. The lowest BCUT2D eigenvalue weighted by atomic mass is 9.95. The average Bonchev–Trinajstić information content (AvgIpc) is 2.74. The molecule has 0 heterocycles. The number of hydrogen-bond acceptors (Lipinski definition) is 3. The highest BCUT2D eigenvalue weighted by Gasteiger charge is 2.19. The summed E-state index contributed by atoms with van der Waals surface area (Å²) in [5.74, 6) is -0.576. The SMILES string of the molecule is O=C(CCNC(=O)c1ccccc1C(=O)c1ccccc1)NC1CCCCC1. The van der Waals surface area contributed by atoms with Gasteiger partial charge in [0.2, 0.25) is 5.91 Å².